The van der Waals surface area contributed by atoms with E-state index in [1.165, 1.54) is 6.07 Å². The normalized spacial score (nSPS) is 11.3. The lowest BCUT2D eigenvalue weighted by molar-refractivity contribution is -0.402. The lowest BCUT2D eigenvalue weighted by Crippen LogP contribution is -1.86. The first-order valence-electron chi connectivity index (χ1n) is 6.42. The van der Waals surface area contributed by atoms with Gasteiger partial charge in [0.1, 0.15) is 10.7 Å². The fourth-order valence-corrected chi connectivity index (χ4v) is 2.16. The molecule has 2 aromatic heterocycles. The summed E-state index contributed by atoms with van der Waals surface area (Å²) in [5, 5.41) is 11.7. The van der Waals surface area contributed by atoms with E-state index in [1.54, 1.807) is 18.2 Å². The average Bonchev–Trinajstić information content (AvgIpc) is 2.94. The number of rotatable bonds is 3. The predicted octanol–water partition coefficient (Wildman–Crippen LogP) is 4.21. The van der Waals surface area contributed by atoms with Gasteiger partial charge in [-0.3, -0.25) is 10.1 Å². The Morgan fingerprint density at radius 2 is 2.00 bits per heavy atom. The SMILES string of the molecule is Cc1cc(C=Cc2ccc([N+](=O)[O-])o2)nc2ccccc12. The molecule has 0 spiro atoms. The molecular weight excluding hydrogens is 268 g/mol. The first kappa shape index (κ1) is 13.1. The minimum Gasteiger partial charge on any atom is -0.401 e. The van der Waals surface area contributed by atoms with Crippen LogP contribution in [0.2, 0.25) is 0 Å². The molecule has 0 radical (unpaired) electrons. The molecule has 0 bridgehead atoms. The third kappa shape index (κ3) is 2.67. The second-order valence-electron chi connectivity index (χ2n) is 4.65. The fraction of sp³-hybridized carbons (Fsp3) is 0.0625. The largest absolute Gasteiger partial charge is 0.433 e. The van der Waals surface area contributed by atoms with Gasteiger partial charge in [-0.25, -0.2) is 4.98 Å². The lowest BCUT2D eigenvalue weighted by Gasteiger charge is -2.02. The summed E-state index contributed by atoms with van der Waals surface area (Å²) in [5.74, 6) is 0.159. The summed E-state index contributed by atoms with van der Waals surface area (Å²) in [4.78, 5) is 14.5. The first-order valence-corrected chi connectivity index (χ1v) is 6.42. The van der Waals surface area contributed by atoms with Crippen LogP contribution in [0.1, 0.15) is 17.0 Å². The smallest absolute Gasteiger partial charge is 0.401 e. The molecule has 5 heteroatoms. The minimum atomic E-state index is -0.560. The van der Waals surface area contributed by atoms with Crippen molar-refractivity contribution in [1.29, 1.82) is 0 Å². The highest BCUT2D eigenvalue weighted by atomic mass is 16.6. The second kappa shape index (κ2) is 5.20. The van der Waals surface area contributed by atoms with Crippen LogP contribution in [0.5, 0.6) is 0 Å². The van der Waals surface area contributed by atoms with Gasteiger partial charge < -0.3 is 4.42 Å². The Balaban J connectivity index is 1.93. The molecular formula is C16H12N2O3. The summed E-state index contributed by atoms with van der Waals surface area (Å²) >= 11 is 0. The van der Waals surface area contributed by atoms with Crippen LogP contribution in [-0.4, -0.2) is 9.91 Å². The number of pyridine rings is 1. The monoisotopic (exact) mass is 280 g/mol. The molecule has 0 aliphatic heterocycles. The summed E-state index contributed by atoms with van der Waals surface area (Å²) < 4.78 is 5.07. The van der Waals surface area contributed by atoms with Crippen molar-refractivity contribution in [2.75, 3.05) is 0 Å². The zero-order valence-electron chi connectivity index (χ0n) is 11.3. The number of benzene rings is 1. The van der Waals surface area contributed by atoms with Gasteiger partial charge in [-0.05, 0) is 42.8 Å². The quantitative estimate of drug-likeness (QED) is 0.532. The van der Waals surface area contributed by atoms with Crippen molar-refractivity contribution >= 4 is 28.9 Å². The van der Waals surface area contributed by atoms with Gasteiger partial charge >= 0.3 is 5.88 Å². The van der Waals surface area contributed by atoms with Gasteiger partial charge in [-0.2, -0.15) is 0 Å². The average molecular weight is 280 g/mol. The van der Waals surface area contributed by atoms with E-state index >= 15 is 0 Å². The van der Waals surface area contributed by atoms with E-state index in [9.17, 15) is 10.1 Å². The number of nitro groups is 1. The number of aryl methyl sites for hydroxylation is 1. The molecule has 0 atom stereocenters. The molecule has 0 saturated heterocycles. The fourth-order valence-electron chi connectivity index (χ4n) is 2.16. The molecule has 0 amide bonds. The Bertz CT molecular complexity index is 850. The Hall–Kier alpha value is -2.95. The third-order valence-electron chi connectivity index (χ3n) is 3.15. The summed E-state index contributed by atoms with van der Waals surface area (Å²) in [5.41, 5.74) is 2.83. The van der Waals surface area contributed by atoms with E-state index in [1.807, 2.05) is 37.3 Å². The van der Waals surface area contributed by atoms with Crippen molar-refractivity contribution in [3.05, 3.63) is 69.6 Å². The highest BCUT2D eigenvalue weighted by Gasteiger charge is 2.09. The van der Waals surface area contributed by atoms with Crippen molar-refractivity contribution in [2.45, 2.75) is 6.92 Å². The second-order valence-corrected chi connectivity index (χ2v) is 4.65. The molecule has 1 aromatic carbocycles. The van der Waals surface area contributed by atoms with E-state index in [0.29, 0.717) is 5.76 Å². The van der Waals surface area contributed by atoms with Crippen molar-refractivity contribution in [3.63, 3.8) is 0 Å². The van der Waals surface area contributed by atoms with Gasteiger partial charge in [0.15, 0.2) is 0 Å². The topological polar surface area (TPSA) is 69.2 Å². The lowest BCUT2D eigenvalue weighted by atomic mass is 10.1. The summed E-state index contributed by atoms with van der Waals surface area (Å²) in [7, 11) is 0. The van der Waals surface area contributed by atoms with Gasteiger partial charge in [0.25, 0.3) is 0 Å². The number of hydrogen-bond donors (Lipinski definition) is 0. The number of hydrogen-bond acceptors (Lipinski definition) is 4. The number of furan rings is 1. The Morgan fingerprint density at radius 1 is 1.19 bits per heavy atom. The van der Waals surface area contributed by atoms with Gasteiger partial charge in [-0.15, -0.1) is 0 Å². The van der Waals surface area contributed by atoms with Crippen LogP contribution in [0.25, 0.3) is 23.1 Å². The molecule has 5 nitrogen and oxygen atoms in total. The number of fused-ring (bicyclic) bond motifs is 1. The Labute approximate surface area is 120 Å². The molecule has 104 valence electrons. The van der Waals surface area contributed by atoms with E-state index in [4.69, 9.17) is 4.42 Å². The van der Waals surface area contributed by atoms with Gasteiger partial charge in [0, 0.05) is 5.39 Å². The molecule has 0 aliphatic carbocycles. The number of aromatic nitrogens is 1. The minimum absolute atomic E-state index is 0.266. The van der Waals surface area contributed by atoms with Gasteiger partial charge in [0.05, 0.1) is 17.3 Å². The standard InChI is InChI=1S/C16H12N2O3/c1-11-10-12(17-15-5-3-2-4-14(11)15)6-7-13-8-9-16(21-13)18(19)20/h2-10H,1H3. The Kier molecular flexibility index (Phi) is 3.23. The molecule has 2 heterocycles. The molecule has 0 unspecified atom stereocenters. The first-order chi connectivity index (χ1) is 10.1. The predicted molar refractivity (Wildman–Crippen MR) is 80.8 cm³/mol. The van der Waals surface area contributed by atoms with Crippen LogP contribution in [0.3, 0.4) is 0 Å². The van der Waals surface area contributed by atoms with Crippen molar-refractivity contribution in [2.24, 2.45) is 0 Å². The summed E-state index contributed by atoms with van der Waals surface area (Å²) in [6, 6.07) is 12.8. The van der Waals surface area contributed by atoms with E-state index in [-0.39, 0.29) is 5.88 Å². The van der Waals surface area contributed by atoms with Crippen molar-refractivity contribution in [3.8, 4) is 0 Å². The van der Waals surface area contributed by atoms with Crippen molar-refractivity contribution in [1.82, 2.24) is 4.98 Å². The molecule has 0 aliphatic rings. The van der Waals surface area contributed by atoms with Crippen molar-refractivity contribution < 1.29 is 9.34 Å². The summed E-state index contributed by atoms with van der Waals surface area (Å²) in [6.45, 7) is 2.03. The van der Waals surface area contributed by atoms with E-state index in [0.717, 1.165) is 22.2 Å². The van der Waals surface area contributed by atoms with Crippen LogP contribution < -0.4 is 0 Å². The Morgan fingerprint density at radius 3 is 2.76 bits per heavy atom. The van der Waals surface area contributed by atoms with Crippen LogP contribution in [0, 0.1) is 17.0 Å². The molecule has 3 aromatic rings. The number of nitrogens with zero attached hydrogens (tertiary/aromatic N) is 2. The van der Waals surface area contributed by atoms with Crippen LogP contribution >= 0.6 is 0 Å². The zero-order valence-corrected chi connectivity index (χ0v) is 11.3. The zero-order chi connectivity index (χ0) is 14.8. The molecule has 3 rings (SSSR count). The molecule has 0 fully saturated rings. The van der Waals surface area contributed by atoms with Crippen LogP contribution in [-0.2, 0) is 0 Å². The van der Waals surface area contributed by atoms with Gasteiger partial charge in [0.2, 0.25) is 0 Å². The highest BCUT2D eigenvalue weighted by molar-refractivity contribution is 5.83. The molecule has 0 saturated carbocycles. The van der Waals surface area contributed by atoms with Crippen LogP contribution in [0.4, 0.5) is 5.88 Å². The molecule has 21 heavy (non-hydrogen) atoms. The maximum atomic E-state index is 10.6. The number of para-hydroxylation sites is 1. The molecule has 0 N–H and O–H groups in total. The van der Waals surface area contributed by atoms with E-state index < -0.39 is 4.92 Å². The highest BCUT2D eigenvalue weighted by Crippen LogP contribution is 2.20. The maximum Gasteiger partial charge on any atom is 0.433 e. The third-order valence-corrected chi connectivity index (χ3v) is 3.15. The van der Waals surface area contributed by atoms with Crippen LogP contribution in [0.15, 0.2) is 46.9 Å². The van der Waals surface area contributed by atoms with Gasteiger partial charge in [-0.1, -0.05) is 18.2 Å². The maximum absolute atomic E-state index is 10.6. The summed E-state index contributed by atoms with van der Waals surface area (Å²) in [6.07, 6.45) is 3.45. The van der Waals surface area contributed by atoms with E-state index in [2.05, 4.69) is 4.98 Å².